The van der Waals surface area contributed by atoms with Crippen LogP contribution in [0.5, 0.6) is 0 Å². The second-order valence-electron chi connectivity index (χ2n) is 3.32. The van der Waals surface area contributed by atoms with Crippen molar-refractivity contribution in [2.75, 3.05) is 7.11 Å². The molecule has 0 amide bonds. The number of hydrogen-bond donors (Lipinski definition) is 0. The highest BCUT2D eigenvalue weighted by atomic mass is 16.5. The van der Waals surface area contributed by atoms with E-state index in [0.29, 0.717) is 0 Å². The molecule has 0 bridgehead atoms. The van der Waals surface area contributed by atoms with Gasteiger partial charge in [0, 0.05) is 18.8 Å². The summed E-state index contributed by atoms with van der Waals surface area (Å²) in [6.45, 7) is 1.70. The zero-order valence-corrected chi connectivity index (χ0v) is 7.70. The average Bonchev–Trinajstić information content (AvgIpc) is 2.10. The van der Waals surface area contributed by atoms with E-state index in [1.54, 1.807) is 6.92 Å². The fraction of sp³-hybridized carbons (Fsp3) is 0.667. The molecule has 2 atom stereocenters. The lowest BCUT2D eigenvalue weighted by molar-refractivity contribution is -0.154. The molecule has 4 nitrogen and oxygen atoms in total. The van der Waals surface area contributed by atoms with Gasteiger partial charge in [0.1, 0.15) is 17.5 Å². The lowest BCUT2D eigenvalue weighted by Gasteiger charge is -2.21. The molecule has 0 radical (unpaired) electrons. The number of ether oxygens (including phenoxy) is 1. The zero-order valence-electron chi connectivity index (χ0n) is 7.70. The Balaban J connectivity index is 2.72. The van der Waals surface area contributed by atoms with Crippen LogP contribution in [0.4, 0.5) is 0 Å². The van der Waals surface area contributed by atoms with Gasteiger partial charge in [0.15, 0.2) is 0 Å². The van der Waals surface area contributed by atoms with E-state index >= 15 is 0 Å². The molecule has 0 aromatic heterocycles. The molecule has 1 rings (SSSR count). The van der Waals surface area contributed by atoms with Gasteiger partial charge >= 0.3 is 5.97 Å². The monoisotopic (exact) mass is 184 g/mol. The molecule has 0 saturated heterocycles. The van der Waals surface area contributed by atoms with Crippen molar-refractivity contribution in [3.8, 4) is 0 Å². The van der Waals surface area contributed by atoms with Crippen LogP contribution in [0.15, 0.2) is 0 Å². The molecule has 0 spiro atoms. The van der Waals surface area contributed by atoms with Gasteiger partial charge in [0.05, 0.1) is 7.11 Å². The molecular formula is C9H12O4. The molecule has 0 N–H and O–H groups in total. The maximum absolute atomic E-state index is 11.3. The third-order valence-electron chi connectivity index (χ3n) is 2.34. The van der Waals surface area contributed by atoms with Crippen molar-refractivity contribution in [1.82, 2.24) is 0 Å². The second-order valence-corrected chi connectivity index (χ2v) is 3.32. The predicted molar refractivity (Wildman–Crippen MR) is 43.9 cm³/mol. The quantitative estimate of drug-likeness (QED) is 0.435. The molecule has 72 valence electrons. The van der Waals surface area contributed by atoms with E-state index in [2.05, 4.69) is 4.74 Å². The Kier molecular flexibility index (Phi) is 2.80. The van der Waals surface area contributed by atoms with Crippen molar-refractivity contribution in [3.63, 3.8) is 0 Å². The molecule has 4 heteroatoms. The molecule has 1 fully saturated rings. The summed E-state index contributed by atoms with van der Waals surface area (Å²) in [7, 11) is 1.22. The van der Waals surface area contributed by atoms with Crippen molar-refractivity contribution < 1.29 is 19.1 Å². The molecular weight excluding hydrogens is 172 g/mol. The maximum Gasteiger partial charge on any atom is 0.316 e. The Morgan fingerprint density at radius 2 is 1.92 bits per heavy atom. The van der Waals surface area contributed by atoms with Crippen LogP contribution in [0.1, 0.15) is 19.8 Å². The van der Waals surface area contributed by atoms with Crippen molar-refractivity contribution in [1.29, 1.82) is 0 Å². The van der Waals surface area contributed by atoms with Crippen molar-refractivity contribution >= 4 is 17.5 Å². The van der Waals surface area contributed by atoms with Gasteiger partial charge in [-0.2, -0.15) is 0 Å². The molecule has 13 heavy (non-hydrogen) atoms. The van der Waals surface area contributed by atoms with Crippen LogP contribution in [0.3, 0.4) is 0 Å². The molecule has 0 aromatic rings. The summed E-state index contributed by atoms with van der Waals surface area (Å²) < 4.78 is 4.43. The van der Waals surface area contributed by atoms with Crippen LogP contribution in [0.25, 0.3) is 0 Å². The Morgan fingerprint density at radius 1 is 1.31 bits per heavy atom. The van der Waals surface area contributed by atoms with Gasteiger partial charge in [-0.1, -0.05) is 6.92 Å². The number of methoxy groups -OCH3 is 1. The Hall–Kier alpha value is -1.19. The van der Waals surface area contributed by atoms with Crippen LogP contribution < -0.4 is 0 Å². The van der Waals surface area contributed by atoms with E-state index in [9.17, 15) is 14.4 Å². The van der Waals surface area contributed by atoms with Crippen LogP contribution in [-0.4, -0.2) is 24.6 Å². The minimum atomic E-state index is -0.853. The van der Waals surface area contributed by atoms with Gasteiger partial charge in [-0.05, 0) is 0 Å². The SMILES string of the molecule is COC(=O)C1CC(=O)C(C)CC1=O. The Morgan fingerprint density at radius 3 is 2.46 bits per heavy atom. The number of Topliss-reactive ketones (excluding diaryl/α,β-unsaturated/α-hetero) is 2. The van der Waals surface area contributed by atoms with Gasteiger partial charge in [0.25, 0.3) is 0 Å². The summed E-state index contributed by atoms with van der Waals surface area (Å²) in [4.78, 5) is 33.5. The van der Waals surface area contributed by atoms with Crippen molar-refractivity contribution in [3.05, 3.63) is 0 Å². The van der Waals surface area contributed by atoms with Crippen LogP contribution >= 0.6 is 0 Å². The summed E-state index contributed by atoms with van der Waals surface area (Å²) in [6.07, 6.45) is 0.172. The van der Waals surface area contributed by atoms with Gasteiger partial charge < -0.3 is 4.74 Å². The summed E-state index contributed by atoms with van der Waals surface area (Å²) in [5, 5.41) is 0. The van der Waals surface area contributed by atoms with E-state index < -0.39 is 11.9 Å². The zero-order chi connectivity index (χ0) is 10.0. The molecule has 1 aliphatic rings. The minimum absolute atomic E-state index is 0.00662. The third-order valence-corrected chi connectivity index (χ3v) is 2.34. The standard InChI is InChI=1S/C9H12O4/c1-5-3-8(11)6(4-7(5)10)9(12)13-2/h5-6H,3-4H2,1-2H3. The molecule has 2 unspecified atom stereocenters. The third kappa shape index (κ3) is 1.94. The molecule has 0 aromatic carbocycles. The normalized spacial score (nSPS) is 28.8. The molecule has 0 heterocycles. The number of rotatable bonds is 1. The molecule has 1 saturated carbocycles. The van der Waals surface area contributed by atoms with Crippen molar-refractivity contribution in [2.24, 2.45) is 11.8 Å². The number of carbonyl (C=O) groups excluding carboxylic acids is 3. The maximum atomic E-state index is 11.3. The molecule has 0 aliphatic heterocycles. The van der Waals surface area contributed by atoms with E-state index in [1.807, 2.05) is 0 Å². The summed E-state index contributed by atoms with van der Waals surface area (Å²) >= 11 is 0. The van der Waals surface area contributed by atoms with Crippen molar-refractivity contribution in [2.45, 2.75) is 19.8 Å². The lowest BCUT2D eigenvalue weighted by Crippen LogP contribution is -2.36. The van der Waals surface area contributed by atoms with Crippen LogP contribution in [0.2, 0.25) is 0 Å². The minimum Gasteiger partial charge on any atom is -0.468 e. The fourth-order valence-corrected chi connectivity index (χ4v) is 1.43. The van der Waals surface area contributed by atoms with E-state index in [4.69, 9.17) is 0 Å². The fourth-order valence-electron chi connectivity index (χ4n) is 1.43. The Labute approximate surface area is 76.3 Å². The predicted octanol–water partition coefficient (Wildman–Crippen LogP) is 0.344. The van der Waals surface area contributed by atoms with E-state index in [1.165, 1.54) is 7.11 Å². The number of esters is 1. The average molecular weight is 184 g/mol. The largest absolute Gasteiger partial charge is 0.468 e. The lowest BCUT2D eigenvalue weighted by atomic mass is 9.81. The summed E-state index contributed by atoms with van der Waals surface area (Å²) in [5.74, 6) is -1.90. The first-order valence-corrected chi connectivity index (χ1v) is 4.19. The smallest absolute Gasteiger partial charge is 0.316 e. The number of carbonyl (C=O) groups is 3. The topological polar surface area (TPSA) is 60.4 Å². The first-order chi connectivity index (χ1) is 6.06. The summed E-state index contributed by atoms with van der Waals surface area (Å²) in [5.41, 5.74) is 0. The van der Waals surface area contributed by atoms with E-state index in [-0.39, 0.29) is 30.3 Å². The second kappa shape index (κ2) is 3.68. The van der Waals surface area contributed by atoms with Gasteiger partial charge in [0.2, 0.25) is 0 Å². The first kappa shape index (κ1) is 9.89. The highest BCUT2D eigenvalue weighted by Crippen LogP contribution is 2.23. The molecule has 1 aliphatic carbocycles. The number of ketones is 2. The number of hydrogen-bond acceptors (Lipinski definition) is 4. The van der Waals surface area contributed by atoms with E-state index in [0.717, 1.165) is 0 Å². The van der Waals surface area contributed by atoms with Crippen LogP contribution in [0, 0.1) is 11.8 Å². The van der Waals surface area contributed by atoms with Gasteiger partial charge in [-0.15, -0.1) is 0 Å². The highest BCUT2D eigenvalue weighted by molar-refractivity contribution is 6.06. The first-order valence-electron chi connectivity index (χ1n) is 4.19. The highest BCUT2D eigenvalue weighted by Gasteiger charge is 2.37. The Bertz CT molecular complexity index is 256. The summed E-state index contributed by atoms with van der Waals surface area (Å²) in [6, 6.07) is 0. The van der Waals surface area contributed by atoms with Crippen LogP contribution in [-0.2, 0) is 19.1 Å². The van der Waals surface area contributed by atoms with Gasteiger partial charge in [-0.25, -0.2) is 0 Å². The van der Waals surface area contributed by atoms with Gasteiger partial charge in [-0.3, -0.25) is 14.4 Å².